The Kier molecular flexibility index (Phi) is 3.30. The van der Waals surface area contributed by atoms with Crippen LogP contribution in [0, 0.1) is 0 Å². The van der Waals surface area contributed by atoms with Crippen molar-refractivity contribution in [1.29, 1.82) is 0 Å². The molecule has 1 unspecified atom stereocenters. The molecule has 0 aromatic heterocycles. The van der Waals surface area contributed by atoms with Gasteiger partial charge in [-0.3, -0.25) is 5.32 Å². The van der Waals surface area contributed by atoms with E-state index < -0.39 is 6.04 Å². The van der Waals surface area contributed by atoms with Gasteiger partial charge in [0, 0.05) is 17.5 Å². The van der Waals surface area contributed by atoms with Crippen molar-refractivity contribution in [3.8, 4) is 5.75 Å². The van der Waals surface area contributed by atoms with E-state index in [-0.39, 0.29) is 11.4 Å². The zero-order chi connectivity index (χ0) is 13.3. The molecule has 4 nitrogen and oxygen atoms in total. The Bertz CT molecular complexity index is 468. The first-order valence-corrected chi connectivity index (χ1v) is 6.00. The molecule has 0 bridgehead atoms. The Morgan fingerprint density at radius 1 is 1.39 bits per heavy atom. The number of benzene rings is 1. The zero-order valence-corrected chi connectivity index (χ0v) is 11.2. The fourth-order valence-electron chi connectivity index (χ4n) is 2.57. The summed E-state index contributed by atoms with van der Waals surface area (Å²) in [5.41, 5.74) is 1.95. The fourth-order valence-corrected chi connectivity index (χ4v) is 2.57. The molecule has 1 aliphatic heterocycles. The predicted octanol–water partition coefficient (Wildman–Crippen LogP) is 1.79. The molecule has 0 fully saturated rings. The van der Waals surface area contributed by atoms with E-state index in [0.717, 1.165) is 16.9 Å². The minimum atomic E-state index is -0.409. The van der Waals surface area contributed by atoms with Crippen LogP contribution >= 0.6 is 0 Å². The van der Waals surface area contributed by atoms with Crippen LogP contribution in [0.5, 0.6) is 5.75 Å². The third-order valence-corrected chi connectivity index (χ3v) is 3.45. The Morgan fingerprint density at radius 2 is 2.11 bits per heavy atom. The lowest BCUT2D eigenvalue weighted by molar-refractivity contribution is -0.143. The summed E-state index contributed by atoms with van der Waals surface area (Å²) < 4.78 is 10.3. The molecule has 1 heterocycles. The van der Waals surface area contributed by atoms with Crippen LogP contribution in [0.25, 0.3) is 0 Å². The van der Waals surface area contributed by atoms with Crippen molar-refractivity contribution in [2.24, 2.45) is 0 Å². The summed E-state index contributed by atoms with van der Waals surface area (Å²) in [5, 5.41) is 3.24. The lowest BCUT2D eigenvalue weighted by atomic mass is 9.76. The van der Waals surface area contributed by atoms with Crippen molar-refractivity contribution in [2.75, 3.05) is 20.8 Å². The first-order valence-electron chi connectivity index (χ1n) is 6.00. The van der Waals surface area contributed by atoms with Gasteiger partial charge >= 0.3 is 5.97 Å². The van der Waals surface area contributed by atoms with Crippen molar-refractivity contribution >= 4 is 5.97 Å². The summed E-state index contributed by atoms with van der Waals surface area (Å²) in [6.07, 6.45) is 0. The number of hydrogen-bond donors (Lipinski definition) is 1. The van der Waals surface area contributed by atoms with Crippen LogP contribution < -0.4 is 10.1 Å². The minimum Gasteiger partial charge on any atom is -0.496 e. The van der Waals surface area contributed by atoms with Crippen LogP contribution in [0.4, 0.5) is 0 Å². The number of rotatable bonds is 2. The topological polar surface area (TPSA) is 47.6 Å². The summed E-state index contributed by atoms with van der Waals surface area (Å²) in [4.78, 5) is 11.8. The van der Waals surface area contributed by atoms with E-state index in [0.29, 0.717) is 6.54 Å². The molecule has 18 heavy (non-hydrogen) atoms. The standard InChI is InChI=1S/C14H19NO3/c1-14(2)8-15-12(13(16)18-4)9-6-5-7-10(17-3)11(9)14/h5-7,12,15H,8H2,1-4H3. The molecule has 0 saturated heterocycles. The monoisotopic (exact) mass is 249 g/mol. The predicted molar refractivity (Wildman–Crippen MR) is 68.8 cm³/mol. The van der Waals surface area contributed by atoms with E-state index in [1.54, 1.807) is 7.11 Å². The van der Waals surface area contributed by atoms with Gasteiger partial charge in [-0.2, -0.15) is 0 Å². The molecule has 98 valence electrons. The summed E-state index contributed by atoms with van der Waals surface area (Å²) >= 11 is 0. The molecule has 0 radical (unpaired) electrons. The zero-order valence-electron chi connectivity index (χ0n) is 11.2. The van der Waals surface area contributed by atoms with Gasteiger partial charge in [-0.05, 0) is 11.6 Å². The first-order chi connectivity index (χ1) is 8.51. The molecular formula is C14H19NO3. The first kappa shape index (κ1) is 12.9. The maximum absolute atomic E-state index is 11.8. The van der Waals surface area contributed by atoms with Gasteiger partial charge in [-0.15, -0.1) is 0 Å². The van der Waals surface area contributed by atoms with Gasteiger partial charge in [0.15, 0.2) is 0 Å². The number of carbonyl (C=O) groups excluding carboxylic acids is 1. The third kappa shape index (κ3) is 1.97. The SMILES string of the molecule is COC(=O)C1NCC(C)(C)c2c(OC)cccc21. The van der Waals surface area contributed by atoms with Gasteiger partial charge < -0.3 is 9.47 Å². The molecular weight excluding hydrogens is 230 g/mol. The molecule has 4 heteroatoms. The molecule has 1 N–H and O–H groups in total. The van der Waals surface area contributed by atoms with Crippen LogP contribution in [-0.2, 0) is 14.9 Å². The number of methoxy groups -OCH3 is 2. The van der Waals surface area contributed by atoms with Gasteiger partial charge in [-0.25, -0.2) is 4.79 Å². The summed E-state index contributed by atoms with van der Waals surface area (Å²) in [6, 6.07) is 5.37. The summed E-state index contributed by atoms with van der Waals surface area (Å²) in [5.74, 6) is 0.563. The van der Waals surface area contributed by atoms with Gasteiger partial charge in [0.05, 0.1) is 14.2 Å². The molecule has 1 aromatic carbocycles. The average Bonchev–Trinajstić information content (AvgIpc) is 2.37. The lowest BCUT2D eigenvalue weighted by Gasteiger charge is -2.37. The number of hydrogen-bond acceptors (Lipinski definition) is 4. The molecule has 0 aliphatic carbocycles. The average molecular weight is 249 g/mol. The summed E-state index contributed by atoms with van der Waals surface area (Å²) in [7, 11) is 3.06. The smallest absolute Gasteiger partial charge is 0.327 e. The number of ether oxygens (including phenoxy) is 2. The lowest BCUT2D eigenvalue weighted by Crippen LogP contribution is -2.45. The highest BCUT2D eigenvalue weighted by Crippen LogP contribution is 2.40. The van der Waals surface area contributed by atoms with E-state index in [1.807, 2.05) is 18.2 Å². The Morgan fingerprint density at radius 3 is 2.72 bits per heavy atom. The van der Waals surface area contributed by atoms with E-state index in [2.05, 4.69) is 19.2 Å². The second kappa shape index (κ2) is 4.61. The molecule has 2 rings (SSSR count). The highest BCUT2D eigenvalue weighted by Gasteiger charge is 2.38. The quantitative estimate of drug-likeness (QED) is 0.812. The maximum Gasteiger partial charge on any atom is 0.327 e. The normalized spacial score (nSPS) is 21.0. The second-order valence-corrected chi connectivity index (χ2v) is 5.15. The highest BCUT2D eigenvalue weighted by molar-refractivity contribution is 5.79. The maximum atomic E-state index is 11.8. The minimum absolute atomic E-state index is 0.0769. The van der Waals surface area contributed by atoms with Gasteiger partial charge in [-0.1, -0.05) is 26.0 Å². The summed E-state index contributed by atoms with van der Waals surface area (Å²) in [6.45, 7) is 4.98. The molecule has 1 atom stereocenters. The van der Waals surface area contributed by atoms with Crippen molar-refractivity contribution in [1.82, 2.24) is 5.32 Å². The van der Waals surface area contributed by atoms with Crippen LogP contribution in [0.2, 0.25) is 0 Å². The molecule has 0 saturated carbocycles. The van der Waals surface area contributed by atoms with Crippen molar-refractivity contribution in [3.05, 3.63) is 29.3 Å². The van der Waals surface area contributed by atoms with Crippen molar-refractivity contribution in [2.45, 2.75) is 25.3 Å². The number of carbonyl (C=O) groups is 1. The van der Waals surface area contributed by atoms with E-state index in [9.17, 15) is 4.79 Å². The highest BCUT2D eigenvalue weighted by atomic mass is 16.5. The Labute approximate surface area is 107 Å². The number of esters is 1. The molecule has 1 aliphatic rings. The third-order valence-electron chi connectivity index (χ3n) is 3.45. The van der Waals surface area contributed by atoms with E-state index in [1.165, 1.54) is 7.11 Å². The molecule has 1 aromatic rings. The molecule has 0 amide bonds. The number of fused-ring (bicyclic) bond motifs is 1. The fraction of sp³-hybridized carbons (Fsp3) is 0.500. The van der Waals surface area contributed by atoms with E-state index in [4.69, 9.17) is 9.47 Å². The van der Waals surface area contributed by atoms with Crippen molar-refractivity contribution in [3.63, 3.8) is 0 Å². The Hall–Kier alpha value is -1.55. The van der Waals surface area contributed by atoms with Crippen LogP contribution in [-0.4, -0.2) is 26.7 Å². The van der Waals surface area contributed by atoms with Crippen LogP contribution in [0.15, 0.2) is 18.2 Å². The Balaban J connectivity index is 2.58. The number of nitrogens with one attached hydrogen (secondary N) is 1. The van der Waals surface area contributed by atoms with Gasteiger partial charge in [0.25, 0.3) is 0 Å². The largest absolute Gasteiger partial charge is 0.496 e. The van der Waals surface area contributed by atoms with Gasteiger partial charge in [0.1, 0.15) is 11.8 Å². The molecule has 0 spiro atoms. The second-order valence-electron chi connectivity index (χ2n) is 5.15. The van der Waals surface area contributed by atoms with Crippen LogP contribution in [0.1, 0.15) is 31.0 Å². The van der Waals surface area contributed by atoms with Crippen molar-refractivity contribution < 1.29 is 14.3 Å². The van der Waals surface area contributed by atoms with E-state index >= 15 is 0 Å². The van der Waals surface area contributed by atoms with Gasteiger partial charge in [0.2, 0.25) is 0 Å². The van der Waals surface area contributed by atoms with Crippen LogP contribution in [0.3, 0.4) is 0 Å².